The van der Waals surface area contributed by atoms with E-state index < -0.39 is 0 Å². The summed E-state index contributed by atoms with van der Waals surface area (Å²) in [6, 6.07) is 7.90. The first-order valence-electron chi connectivity index (χ1n) is 8.76. The quantitative estimate of drug-likeness (QED) is 0.759. The minimum atomic E-state index is 0.646. The molecular formula is C20H26N2O. The average molecular weight is 310 g/mol. The highest BCUT2D eigenvalue weighted by atomic mass is 16.5. The van der Waals surface area contributed by atoms with Gasteiger partial charge in [-0.05, 0) is 67.3 Å². The number of hydrogen-bond donors (Lipinski definition) is 0. The standard InChI is InChI=1S/C20H26N2O/c1-3-4-15-5-7-16(8-6-15)18-13-21-20(22-14-18)17-9-11-19(23-2)12-10-17/h9-16H,3-8H2,1-2H3/t15-,16-. The molecule has 122 valence electrons. The molecule has 1 aromatic carbocycles. The number of ether oxygens (including phenoxy) is 1. The monoisotopic (exact) mass is 310 g/mol. The zero-order chi connectivity index (χ0) is 16.1. The van der Waals surface area contributed by atoms with Gasteiger partial charge in [-0.15, -0.1) is 0 Å². The predicted octanol–water partition coefficient (Wildman–Crippen LogP) is 5.23. The lowest BCUT2D eigenvalue weighted by molar-refractivity contribution is 0.308. The molecule has 0 radical (unpaired) electrons. The summed E-state index contributed by atoms with van der Waals surface area (Å²) < 4.78 is 5.19. The Hall–Kier alpha value is -1.90. The summed E-state index contributed by atoms with van der Waals surface area (Å²) in [7, 11) is 1.68. The molecule has 0 aliphatic heterocycles. The third-order valence-corrected chi connectivity index (χ3v) is 5.04. The highest BCUT2D eigenvalue weighted by Crippen LogP contribution is 2.37. The fourth-order valence-corrected chi connectivity index (χ4v) is 3.63. The maximum atomic E-state index is 5.19. The van der Waals surface area contributed by atoms with E-state index in [2.05, 4.69) is 16.9 Å². The lowest BCUT2D eigenvalue weighted by Gasteiger charge is -2.28. The smallest absolute Gasteiger partial charge is 0.159 e. The first-order chi connectivity index (χ1) is 11.3. The van der Waals surface area contributed by atoms with Crippen LogP contribution in [0.1, 0.15) is 56.9 Å². The lowest BCUT2D eigenvalue weighted by atomic mass is 9.78. The largest absolute Gasteiger partial charge is 0.497 e. The molecule has 2 aromatic rings. The number of aromatic nitrogens is 2. The third kappa shape index (κ3) is 3.90. The van der Waals surface area contributed by atoms with Crippen LogP contribution in [-0.2, 0) is 0 Å². The molecule has 3 nitrogen and oxygen atoms in total. The van der Waals surface area contributed by atoms with E-state index in [9.17, 15) is 0 Å². The molecule has 23 heavy (non-hydrogen) atoms. The molecule has 0 spiro atoms. The van der Waals surface area contributed by atoms with Crippen LogP contribution >= 0.6 is 0 Å². The summed E-state index contributed by atoms with van der Waals surface area (Å²) in [5.41, 5.74) is 2.33. The number of nitrogens with zero attached hydrogens (tertiary/aromatic N) is 2. The first kappa shape index (κ1) is 16.0. The molecule has 3 heteroatoms. The van der Waals surface area contributed by atoms with Crippen LogP contribution < -0.4 is 4.74 Å². The van der Waals surface area contributed by atoms with Gasteiger partial charge in [0.2, 0.25) is 0 Å². The van der Waals surface area contributed by atoms with Gasteiger partial charge in [-0.25, -0.2) is 9.97 Å². The van der Waals surface area contributed by atoms with Crippen molar-refractivity contribution in [3.63, 3.8) is 0 Å². The SMILES string of the molecule is CCC[C@H]1CC[C@H](c2cnc(-c3ccc(OC)cc3)nc2)CC1. The van der Waals surface area contributed by atoms with Crippen molar-refractivity contribution >= 4 is 0 Å². The molecule has 1 aromatic heterocycles. The molecule has 0 bridgehead atoms. The Morgan fingerprint density at radius 3 is 2.22 bits per heavy atom. The van der Waals surface area contributed by atoms with Crippen LogP contribution in [0.15, 0.2) is 36.7 Å². The van der Waals surface area contributed by atoms with Crippen LogP contribution in [0.25, 0.3) is 11.4 Å². The molecule has 0 saturated heterocycles. The van der Waals surface area contributed by atoms with Gasteiger partial charge >= 0.3 is 0 Å². The van der Waals surface area contributed by atoms with Crippen molar-refractivity contribution in [2.45, 2.75) is 51.4 Å². The zero-order valence-corrected chi connectivity index (χ0v) is 14.2. The number of methoxy groups -OCH3 is 1. The summed E-state index contributed by atoms with van der Waals surface area (Å²) in [5, 5.41) is 0. The van der Waals surface area contributed by atoms with Gasteiger partial charge < -0.3 is 4.74 Å². The molecule has 1 fully saturated rings. The number of hydrogen-bond acceptors (Lipinski definition) is 3. The maximum absolute atomic E-state index is 5.19. The van der Waals surface area contributed by atoms with E-state index in [0.29, 0.717) is 5.92 Å². The van der Waals surface area contributed by atoms with Crippen molar-refractivity contribution in [1.82, 2.24) is 9.97 Å². The van der Waals surface area contributed by atoms with Crippen molar-refractivity contribution in [1.29, 1.82) is 0 Å². The Labute approximate surface area is 139 Å². The molecular weight excluding hydrogens is 284 g/mol. The van der Waals surface area contributed by atoms with Gasteiger partial charge in [-0.1, -0.05) is 19.8 Å². The summed E-state index contributed by atoms with van der Waals surface area (Å²) >= 11 is 0. The molecule has 3 rings (SSSR count). The molecule has 0 unspecified atom stereocenters. The van der Waals surface area contributed by atoms with Crippen LogP contribution in [0.2, 0.25) is 0 Å². The van der Waals surface area contributed by atoms with Gasteiger partial charge in [0.15, 0.2) is 5.82 Å². The summed E-state index contributed by atoms with van der Waals surface area (Å²) in [5.74, 6) is 3.23. The first-order valence-corrected chi connectivity index (χ1v) is 8.76. The fraction of sp³-hybridized carbons (Fsp3) is 0.500. The third-order valence-electron chi connectivity index (χ3n) is 5.04. The van der Waals surface area contributed by atoms with E-state index >= 15 is 0 Å². The van der Waals surface area contributed by atoms with Gasteiger partial charge in [0.1, 0.15) is 5.75 Å². The fourth-order valence-electron chi connectivity index (χ4n) is 3.63. The molecule has 1 aliphatic rings. The zero-order valence-electron chi connectivity index (χ0n) is 14.2. The molecule has 1 heterocycles. The van der Waals surface area contributed by atoms with Crippen LogP contribution in [0.3, 0.4) is 0 Å². The predicted molar refractivity (Wildman–Crippen MR) is 93.6 cm³/mol. The Morgan fingerprint density at radius 2 is 1.65 bits per heavy atom. The van der Waals surface area contributed by atoms with Crippen molar-refractivity contribution in [3.8, 4) is 17.1 Å². The summed E-state index contributed by atoms with van der Waals surface area (Å²) in [4.78, 5) is 9.17. The second-order valence-corrected chi connectivity index (χ2v) is 6.57. The second-order valence-electron chi connectivity index (χ2n) is 6.57. The minimum absolute atomic E-state index is 0.646. The van der Waals surface area contributed by atoms with E-state index in [1.807, 2.05) is 36.7 Å². The van der Waals surface area contributed by atoms with E-state index in [4.69, 9.17) is 4.74 Å². The molecule has 0 N–H and O–H groups in total. The van der Waals surface area contributed by atoms with Gasteiger partial charge in [0.05, 0.1) is 7.11 Å². The second kappa shape index (κ2) is 7.58. The molecule has 1 aliphatic carbocycles. The Morgan fingerprint density at radius 1 is 1.00 bits per heavy atom. The maximum Gasteiger partial charge on any atom is 0.159 e. The van der Waals surface area contributed by atoms with Gasteiger partial charge in [-0.3, -0.25) is 0 Å². The normalized spacial score (nSPS) is 21.1. The molecule has 0 atom stereocenters. The van der Waals surface area contributed by atoms with E-state index in [0.717, 1.165) is 23.1 Å². The molecule has 0 amide bonds. The van der Waals surface area contributed by atoms with E-state index in [1.165, 1.54) is 44.1 Å². The van der Waals surface area contributed by atoms with E-state index in [1.54, 1.807) is 7.11 Å². The van der Waals surface area contributed by atoms with Gasteiger partial charge in [0, 0.05) is 18.0 Å². The highest BCUT2D eigenvalue weighted by Gasteiger charge is 2.22. The van der Waals surface area contributed by atoms with Crippen LogP contribution in [-0.4, -0.2) is 17.1 Å². The summed E-state index contributed by atoms with van der Waals surface area (Å²) in [6.45, 7) is 2.29. The minimum Gasteiger partial charge on any atom is -0.497 e. The number of rotatable bonds is 5. The average Bonchev–Trinajstić information content (AvgIpc) is 2.63. The topological polar surface area (TPSA) is 35.0 Å². The Kier molecular flexibility index (Phi) is 5.27. The van der Waals surface area contributed by atoms with Crippen LogP contribution in [0.4, 0.5) is 0 Å². The van der Waals surface area contributed by atoms with Crippen molar-refractivity contribution < 1.29 is 4.74 Å². The van der Waals surface area contributed by atoms with Gasteiger partial charge in [-0.2, -0.15) is 0 Å². The lowest BCUT2D eigenvalue weighted by Crippen LogP contribution is -2.13. The van der Waals surface area contributed by atoms with Crippen molar-refractivity contribution in [2.75, 3.05) is 7.11 Å². The summed E-state index contributed by atoms with van der Waals surface area (Å²) in [6.07, 6.45) is 12.0. The molecule has 1 saturated carbocycles. The number of benzene rings is 1. The van der Waals surface area contributed by atoms with Gasteiger partial charge in [0.25, 0.3) is 0 Å². The highest BCUT2D eigenvalue weighted by molar-refractivity contribution is 5.55. The Bertz CT molecular complexity index is 599. The van der Waals surface area contributed by atoms with Crippen LogP contribution in [0.5, 0.6) is 5.75 Å². The van der Waals surface area contributed by atoms with E-state index in [-0.39, 0.29) is 0 Å². The van der Waals surface area contributed by atoms with Crippen molar-refractivity contribution in [3.05, 3.63) is 42.2 Å². The van der Waals surface area contributed by atoms with Crippen molar-refractivity contribution in [2.24, 2.45) is 5.92 Å². The van der Waals surface area contributed by atoms with Crippen LogP contribution in [0, 0.1) is 5.92 Å². The Balaban J connectivity index is 1.65.